The summed E-state index contributed by atoms with van der Waals surface area (Å²) in [7, 11) is 0. The molecule has 0 radical (unpaired) electrons. The van der Waals surface area contributed by atoms with E-state index in [4.69, 9.17) is 17.3 Å². The molecule has 0 unspecified atom stereocenters. The summed E-state index contributed by atoms with van der Waals surface area (Å²) < 4.78 is 1.65. The number of hydrogen-bond donors (Lipinski definition) is 2. The molecule has 1 aromatic carbocycles. The highest BCUT2D eigenvalue weighted by atomic mass is 35.5. The number of amides is 1. The Hall–Kier alpha value is -2.86. The van der Waals surface area contributed by atoms with E-state index in [1.54, 1.807) is 35.1 Å². The summed E-state index contributed by atoms with van der Waals surface area (Å²) in [5.74, 6) is 0.377. The summed E-state index contributed by atoms with van der Waals surface area (Å²) in [5, 5.41) is 7.50. The Balaban J connectivity index is 1.85. The zero-order valence-electron chi connectivity index (χ0n) is 13.9. The van der Waals surface area contributed by atoms with Crippen LogP contribution in [0.1, 0.15) is 30.4 Å². The smallest absolute Gasteiger partial charge is 0.275 e. The molecule has 6 nitrogen and oxygen atoms in total. The number of nitrogen functional groups attached to an aromatic ring is 1. The maximum Gasteiger partial charge on any atom is 0.275 e. The molecule has 7 heteroatoms. The number of carbonyl (C=O) groups excluding carboxylic acids is 1. The molecule has 0 saturated carbocycles. The molecule has 0 aliphatic rings. The number of benzene rings is 1. The molecule has 0 aliphatic carbocycles. The fourth-order valence-corrected chi connectivity index (χ4v) is 2.78. The SMILES string of the molecule is CC(C)n1nccc1C(=O)Nc1ccc(-c2ccccc2Cl)c(N)n1. The van der Waals surface area contributed by atoms with E-state index in [-0.39, 0.29) is 11.9 Å². The van der Waals surface area contributed by atoms with Gasteiger partial charge in [-0.15, -0.1) is 0 Å². The van der Waals surface area contributed by atoms with E-state index < -0.39 is 0 Å². The first-order chi connectivity index (χ1) is 12.0. The van der Waals surface area contributed by atoms with Gasteiger partial charge in [0.2, 0.25) is 0 Å². The molecule has 0 saturated heterocycles. The minimum Gasteiger partial charge on any atom is -0.383 e. The van der Waals surface area contributed by atoms with Crippen LogP contribution in [-0.2, 0) is 0 Å². The lowest BCUT2D eigenvalue weighted by Gasteiger charge is -2.12. The highest BCUT2D eigenvalue weighted by Crippen LogP contribution is 2.31. The molecular formula is C18H18ClN5O. The Morgan fingerprint density at radius 3 is 2.60 bits per heavy atom. The summed E-state index contributed by atoms with van der Waals surface area (Å²) in [4.78, 5) is 16.7. The molecule has 3 rings (SSSR count). The van der Waals surface area contributed by atoms with E-state index in [2.05, 4.69) is 15.4 Å². The summed E-state index contributed by atoms with van der Waals surface area (Å²) in [6.45, 7) is 3.91. The van der Waals surface area contributed by atoms with Crippen LogP contribution in [0.15, 0.2) is 48.7 Å². The van der Waals surface area contributed by atoms with Crippen molar-refractivity contribution in [3.63, 3.8) is 0 Å². The second-order valence-electron chi connectivity index (χ2n) is 5.82. The molecular weight excluding hydrogens is 338 g/mol. The Morgan fingerprint density at radius 2 is 1.92 bits per heavy atom. The predicted molar refractivity (Wildman–Crippen MR) is 99.7 cm³/mol. The average molecular weight is 356 g/mol. The molecule has 25 heavy (non-hydrogen) atoms. The van der Waals surface area contributed by atoms with Crippen LogP contribution in [0.5, 0.6) is 0 Å². The van der Waals surface area contributed by atoms with E-state index in [0.29, 0.717) is 22.4 Å². The molecule has 3 N–H and O–H groups in total. The highest BCUT2D eigenvalue weighted by Gasteiger charge is 2.15. The molecule has 3 aromatic rings. The lowest BCUT2D eigenvalue weighted by Crippen LogP contribution is -2.19. The Morgan fingerprint density at radius 1 is 1.16 bits per heavy atom. The number of halogens is 1. The second-order valence-corrected chi connectivity index (χ2v) is 6.23. The summed E-state index contributed by atoms with van der Waals surface area (Å²) in [6, 6.07) is 12.6. The maximum atomic E-state index is 12.4. The van der Waals surface area contributed by atoms with Crippen LogP contribution in [0.2, 0.25) is 5.02 Å². The number of hydrogen-bond acceptors (Lipinski definition) is 4. The van der Waals surface area contributed by atoms with Gasteiger partial charge in [-0.1, -0.05) is 29.8 Å². The van der Waals surface area contributed by atoms with Crippen LogP contribution in [0, 0.1) is 0 Å². The van der Waals surface area contributed by atoms with Crippen molar-refractivity contribution in [2.45, 2.75) is 19.9 Å². The molecule has 2 aromatic heterocycles. The van der Waals surface area contributed by atoms with Gasteiger partial charge in [0.15, 0.2) is 0 Å². The summed E-state index contributed by atoms with van der Waals surface area (Å²) in [6.07, 6.45) is 1.59. The number of nitrogens with zero attached hydrogens (tertiary/aromatic N) is 3. The van der Waals surface area contributed by atoms with Gasteiger partial charge in [-0.2, -0.15) is 5.10 Å². The topological polar surface area (TPSA) is 85.8 Å². The van der Waals surface area contributed by atoms with Crippen LogP contribution in [-0.4, -0.2) is 20.7 Å². The molecule has 0 fully saturated rings. The van der Waals surface area contributed by atoms with Gasteiger partial charge in [0.25, 0.3) is 5.91 Å². The number of nitrogens with two attached hydrogens (primary N) is 1. The number of anilines is 2. The van der Waals surface area contributed by atoms with Crippen LogP contribution < -0.4 is 11.1 Å². The van der Waals surface area contributed by atoms with Crippen molar-refractivity contribution in [3.05, 3.63) is 59.4 Å². The minimum absolute atomic E-state index is 0.0800. The molecule has 1 amide bonds. The normalized spacial score (nSPS) is 10.9. The first kappa shape index (κ1) is 17.0. The van der Waals surface area contributed by atoms with Crippen molar-refractivity contribution in [2.24, 2.45) is 0 Å². The first-order valence-corrected chi connectivity index (χ1v) is 8.21. The van der Waals surface area contributed by atoms with Gasteiger partial charge in [0.1, 0.15) is 17.3 Å². The third kappa shape index (κ3) is 3.49. The Kier molecular flexibility index (Phi) is 4.72. The van der Waals surface area contributed by atoms with Crippen molar-refractivity contribution in [2.75, 3.05) is 11.1 Å². The molecule has 2 heterocycles. The average Bonchev–Trinajstić information content (AvgIpc) is 3.06. The van der Waals surface area contributed by atoms with E-state index in [9.17, 15) is 4.79 Å². The number of nitrogens with one attached hydrogen (secondary N) is 1. The second kappa shape index (κ2) is 6.94. The standard InChI is InChI=1S/C18H18ClN5O/c1-11(2)24-15(9-10-21-24)18(25)23-16-8-7-13(17(20)22-16)12-5-3-4-6-14(12)19/h3-11H,1-2H3,(H3,20,22,23,25). The fraction of sp³-hybridized carbons (Fsp3) is 0.167. The third-order valence-electron chi connectivity index (χ3n) is 3.72. The molecule has 0 bridgehead atoms. The quantitative estimate of drug-likeness (QED) is 0.740. The van der Waals surface area contributed by atoms with Gasteiger partial charge in [-0.25, -0.2) is 4.98 Å². The van der Waals surface area contributed by atoms with E-state index in [1.807, 2.05) is 32.0 Å². The predicted octanol–water partition coefficient (Wildman–Crippen LogP) is 4.01. The van der Waals surface area contributed by atoms with Gasteiger partial charge in [0, 0.05) is 28.4 Å². The van der Waals surface area contributed by atoms with Gasteiger partial charge in [-0.3, -0.25) is 9.48 Å². The summed E-state index contributed by atoms with van der Waals surface area (Å²) in [5.41, 5.74) is 8.03. The number of aromatic nitrogens is 3. The monoisotopic (exact) mass is 355 g/mol. The lowest BCUT2D eigenvalue weighted by molar-refractivity contribution is 0.101. The summed E-state index contributed by atoms with van der Waals surface area (Å²) >= 11 is 6.21. The molecule has 0 atom stereocenters. The van der Waals surface area contributed by atoms with Gasteiger partial charge in [-0.05, 0) is 38.1 Å². The molecule has 128 valence electrons. The van der Waals surface area contributed by atoms with Crippen molar-refractivity contribution < 1.29 is 4.79 Å². The van der Waals surface area contributed by atoms with E-state index in [0.717, 1.165) is 11.1 Å². The lowest BCUT2D eigenvalue weighted by atomic mass is 10.1. The largest absolute Gasteiger partial charge is 0.383 e. The van der Waals surface area contributed by atoms with Crippen molar-refractivity contribution >= 4 is 29.1 Å². The van der Waals surface area contributed by atoms with Gasteiger partial charge < -0.3 is 11.1 Å². The van der Waals surface area contributed by atoms with Gasteiger partial charge in [0.05, 0.1) is 0 Å². The van der Waals surface area contributed by atoms with Crippen LogP contribution in [0.4, 0.5) is 11.6 Å². The third-order valence-corrected chi connectivity index (χ3v) is 4.05. The van der Waals surface area contributed by atoms with Crippen molar-refractivity contribution in [1.82, 2.24) is 14.8 Å². The Bertz CT molecular complexity index is 919. The van der Waals surface area contributed by atoms with E-state index in [1.165, 1.54) is 0 Å². The van der Waals surface area contributed by atoms with Crippen LogP contribution in [0.25, 0.3) is 11.1 Å². The fourth-order valence-electron chi connectivity index (χ4n) is 2.54. The van der Waals surface area contributed by atoms with Crippen molar-refractivity contribution in [3.8, 4) is 11.1 Å². The van der Waals surface area contributed by atoms with Crippen molar-refractivity contribution in [1.29, 1.82) is 0 Å². The molecule has 0 spiro atoms. The maximum absolute atomic E-state index is 12.4. The van der Waals surface area contributed by atoms with Crippen LogP contribution in [0.3, 0.4) is 0 Å². The van der Waals surface area contributed by atoms with E-state index >= 15 is 0 Å². The van der Waals surface area contributed by atoms with Gasteiger partial charge >= 0.3 is 0 Å². The zero-order valence-corrected chi connectivity index (χ0v) is 14.7. The zero-order chi connectivity index (χ0) is 18.0. The molecule has 0 aliphatic heterocycles. The number of carbonyl (C=O) groups is 1. The first-order valence-electron chi connectivity index (χ1n) is 7.83. The van der Waals surface area contributed by atoms with Crippen LogP contribution >= 0.6 is 11.6 Å². The number of rotatable bonds is 4. The minimum atomic E-state index is -0.288. The Labute approximate surface area is 150 Å². The highest BCUT2D eigenvalue weighted by molar-refractivity contribution is 6.33. The number of pyridine rings is 1.